The zero-order valence-electron chi connectivity index (χ0n) is 12.5. The maximum absolute atomic E-state index is 12.9. The second-order valence-electron chi connectivity index (χ2n) is 5.97. The van der Waals surface area contributed by atoms with Gasteiger partial charge in [-0.25, -0.2) is 4.98 Å². The van der Waals surface area contributed by atoms with Crippen LogP contribution in [0.1, 0.15) is 34.8 Å². The van der Waals surface area contributed by atoms with Gasteiger partial charge in [0.15, 0.2) is 5.65 Å². The van der Waals surface area contributed by atoms with Crippen LogP contribution >= 0.6 is 0 Å². The van der Waals surface area contributed by atoms with Crippen LogP contribution in [0.4, 0.5) is 0 Å². The number of nitrogens with zero attached hydrogens (tertiary/aromatic N) is 3. The molecule has 1 N–H and O–H groups in total. The van der Waals surface area contributed by atoms with Gasteiger partial charge in [0.1, 0.15) is 0 Å². The molecule has 7 nitrogen and oxygen atoms in total. The molecule has 4 rings (SSSR count). The van der Waals surface area contributed by atoms with Crippen LogP contribution in [0, 0.1) is 0 Å². The number of aromatic amines is 1. The molecule has 0 atom stereocenters. The summed E-state index contributed by atoms with van der Waals surface area (Å²) in [4.78, 5) is 31.4. The number of rotatable bonds is 2. The first-order valence-electron chi connectivity index (χ1n) is 7.62. The largest absolute Gasteiger partial charge is 0.378 e. The van der Waals surface area contributed by atoms with Crippen LogP contribution in [-0.2, 0) is 11.8 Å². The number of hydrogen-bond donors (Lipinski definition) is 1. The molecule has 7 heteroatoms. The Morgan fingerprint density at radius 3 is 2.77 bits per heavy atom. The van der Waals surface area contributed by atoms with Crippen molar-refractivity contribution in [2.24, 2.45) is 7.05 Å². The molecule has 2 aliphatic rings. The van der Waals surface area contributed by atoms with Crippen molar-refractivity contribution in [1.29, 1.82) is 0 Å². The van der Waals surface area contributed by atoms with Crippen molar-refractivity contribution in [2.75, 3.05) is 26.3 Å². The first-order chi connectivity index (χ1) is 10.6. The van der Waals surface area contributed by atoms with E-state index in [0.29, 0.717) is 48.8 Å². The van der Waals surface area contributed by atoms with E-state index in [-0.39, 0.29) is 11.5 Å². The molecule has 0 unspecified atom stereocenters. The zero-order chi connectivity index (χ0) is 15.3. The second-order valence-corrected chi connectivity index (χ2v) is 5.97. The van der Waals surface area contributed by atoms with Crippen LogP contribution in [0.2, 0.25) is 0 Å². The molecule has 1 aliphatic carbocycles. The summed E-state index contributed by atoms with van der Waals surface area (Å²) in [5.74, 6) is 0.319. The Bertz CT molecular complexity index is 797. The van der Waals surface area contributed by atoms with Crippen molar-refractivity contribution in [2.45, 2.75) is 18.8 Å². The van der Waals surface area contributed by atoms with Crippen LogP contribution in [0.25, 0.3) is 11.0 Å². The Balaban J connectivity index is 1.87. The molecule has 1 saturated carbocycles. The van der Waals surface area contributed by atoms with Gasteiger partial charge in [0, 0.05) is 31.7 Å². The van der Waals surface area contributed by atoms with Gasteiger partial charge in [-0.3, -0.25) is 19.4 Å². The molecule has 1 amide bonds. The molecule has 116 valence electrons. The van der Waals surface area contributed by atoms with E-state index >= 15 is 0 Å². The van der Waals surface area contributed by atoms with E-state index in [1.807, 2.05) is 6.07 Å². The Morgan fingerprint density at radius 2 is 2.09 bits per heavy atom. The molecule has 0 aromatic carbocycles. The minimum atomic E-state index is -0.260. The SMILES string of the molecule is Cn1[nH]c(=O)c2c(C(=O)N3CCOCC3)cc(C3CC3)nc21. The van der Waals surface area contributed by atoms with Gasteiger partial charge < -0.3 is 9.64 Å². The van der Waals surface area contributed by atoms with Crippen molar-refractivity contribution in [1.82, 2.24) is 19.7 Å². The molecule has 1 saturated heterocycles. The summed E-state index contributed by atoms with van der Waals surface area (Å²) in [5.41, 5.74) is 1.68. The number of H-pyrrole nitrogens is 1. The first kappa shape index (κ1) is 13.5. The lowest BCUT2D eigenvalue weighted by atomic mass is 10.1. The fourth-order valence-corrected chi connectivity index (χ4v) is 2.97. The molecule has 22 heavy (non-hydrogen) atoms. The number of amides is 1. The molecule has 3 heterocycles. The van der Waals surface area contributed by atoms with Gasteiger partial charge in [-0.2, -0.15) is 0 Å². The normalized spacial score (nSPS) is 18.9. The Kier molecular flexibility index (Phi) is 3.04. The standard InChI is InChI=1S/C15H18N4O3/c1-18-13-12(14(20)17-18)10(8-11(16-13)9-2-3-9)15(21)19-4-6-22-7-5-19/h8-9H,2-7H2,1H3,(H,17,20). The molecule has 2 aromatic heterocycles. The minimum Gasteiger partial charge on any atom is -0.378 e. The zero-order valence-corrected chi connectivity index (χ0v) is 12.5. The molecule has 0 bridgehead atoms. The molecule has 0 spiro atoms. The number of aryl methyl sites for hydroxylation is 1. The predicted molar refractivity (Wildman–Crippen MR) is 80.0 cm³/mol. The fourth-order valence-electron chi connectivity index (χ4n) is 2.97. The summed E-state index contributed by atoms with van der Waals surface area (Å²) in [7, 11) is 1.75. The number of carbonyl (C=O) groups is 1. The molecule has 1 aliphatic heterocycles. The van der Waals surface area contributed by atoms with Crippen LogP contribution < -0.4 is 5.56 Å². The van der Waals surface area contributed by atoms with E-state index in [9.17, 15) is 9.59 Å². The molecular weight excluding hydrogens is 284 g/mol. The molecular formula is C15H18N4O3. The Hall–Kier alpha value is -2.15. The molecule has 0 radical (unpaired) electrons. The summed E-state index contributed by atoms with van der Waals surface area (Å²) in [6.07, 6.45) is 2.20. The number of hydrogen-bond acceptors (Lipinski definition) is 4. The average molecular weight is 302 g/mol. The van der Waals surface area contributed by atoms with Crippen LogP contribution in [0.3, 0.4) is 0 Å². The highest BCUT2D eigenvalue weighted by Gasteiger charge is 2.30. The first-order valence-corrected chi connectivity index (χ1v) is 7.62. The third-order valence-corrected chi connectivity index (χ3v) is 4.36. The van der Waals surface area contributed by atoms with Gasteiger partial charge in [-0.05, 0) is 18.9 Å². The van der Waals surface area contributed by atoms with Gasteiger partial charge >= 0.3 is 0 Å². The minimum absolute atomic E-state index is 0.102. The lowest BCUT2D eigenvalue weighted by molar-refractivity contribution is 0.0304. The lowest BCUT2D eigenvalue weighted by Crippen LogP contribution is -2.41. The van der Waals surface area contributed by atoms with Crippen LogP contribution in [0.15, 0.2) is 10.9 Å². The van der Waals surface area contributed by atoms with Gasteiger partial charge in [-0.15, -0.1) is 0 Å². The van der Waals surface area contributed by atoms with E-state index in [1.54, 1.807) is 16.6 Å². The summed E-state index contributed by atoms with van der Waals surface area (Å²) in [5, 5.41) is 3.10. The maximum atomic E-state index is 12.9. The summed E-state index contributed by atoms with van der Waals surface area (Å²) in [6, 6.07) is 1.81. The Morgan fingerprint density at radius 1 is 1.36 bits per heavy atom. The topological polar surface area (TPSA) is 80.2 Å². The highest BCUT2D eigenvalue weighted by molar-refractivity contribution is 6.05. The van der Waals surface area contributed by atoms with Crippen molar-refractivity contribution in [3.8, 4) is 0 Å². The predicted octanol–water partition coefficient (Wildman–Crippen LogP) is 0.611. The Labute approximate surface area is 126 Å². The van der Waals surface area contributed by atoms with Crippen molar-refractivity contribution in [3.05, 3.63) is 27.7 Å². The maximum Gasteiger partial charge on any atom is 0.274 e. The van der Waals surface area contributed by atoms with E-state index < -0.39 is 0 Å². The van der Waals surface area contributed by atoms with Crippen molar-refractivity contribution in [3.63, 3.8) is 0 Å². The summed E-state index contributed by atoms with van der Waals surface area (Å²) in [6.45, 7) is 2.21. The highest BCUT2D eigenvalue weighted by atomic mass is 16.5. The smallest absolute Gasteiger partial charge is 0.274 e. The number of aromatic nitrogens is 3. The monoisotopic (exact) mass is 302 g/mol. The van der Waals surface area contributed by atoms with E-state index in [4.69, 9.17) is 4.74 Å². The van der Waals surface area contributed by atoms with E-state index in [2.05, 4.69) is 10.1 Å². The fraction of sp³-hybridized carbons (Fsp3) is 0.533. The number of fused-ring (bicyclic) bond motifs is 1. The lowest BCUT2D eigenvalue weighted by Gasteiger charge is -2.27. The van der Waals surface area contributed by atoms with Gasteiger partial charge in [0.2, 0.25) is 0 Å². The number of morpholine rings is 1. The van der Waals surface area contributed by atoms with Crippen LogP contribution in [-0.4, -0.2) is 51.9 Å². The number of ether oxygens (including phenoxy) is 1. The van der Waals surface area contributed by atoms with Gasteiger partial charge in [0.05, 0.1) is 24.2 Å². The van der Waals surface area contributed by atoms with Crippen LogP contribution in [0.5, 0.6) is 0 Å². The quantitative estimate of drug-likeness (QED) is 0.881. The van der Waals surface area contributed by atoms with E-state index in [0.717, 1.165) is 18.5 Å². The number of nitrogens with one attached hydrogen (secondary N) is 1. The third-order valence-electron chi connectivity index (χ3n) is 4.36. The summed E-state index contributed by atoms with van der Waals surface area (Å²) < 4.78 is 6.89. The van der Waals surface area contributed by atoms with Gasteiger partial charge in [0.25, 0.3) is 11.5 Å². The molecule has 2 fully saturated rings. The summed E-state index contributed by atoms with van der Waals surface area (Å²) >= 11 is 0. The van der Waals surface area contributed by atoms with Crippen molar-refractivity contribution >= 4 is 16.9 Å². The van der Waals surface area contributed by atoms with E-state index in [1.165, 1.54) is 0 Å². The van der Waals surface area contributed by atoms with Crippen molar-refractivity contribution < 1.29 is 9.53 Å². The second kappa shape index (κ2) is 4.95. The third kappa shape index (κ3) is 2.12. The molecule has 2 aromatic rings. The number of carbonyl (C=O) groups excluding carboxylic acids is 1. The average Bonchev–Trinajstić information content (AvgIpc) is 3.34. The highest BCUT2D eigenvalue weighted by Crippen LogP contribution is 2.40. The van der Waals surface area contributed by atoms with Gasteiger partial charge in [-0.1, -0.05) is 0 Å². The number of pyridine rings is 1.